The van der Waals surface area contributed by atoms with Gasteiger partial charge in [-0.05, 0) is 72.7 Å². The van der Waals surface area contributed by atoms with E-state index in [1.165, 1.54) is 60.7 Å². The van der Waals surface area contributed by atoms with Crippen molar-refractivity contribution >= 4 is 10.9 Å². The molecule has 0 amide bonds. The maximum Gasteiger partial charge on any atom is 0.0991 e. The quantitative estimate of drug-likeness (QED) is 0.552. The Morgan fingerprint density at radius 1 is 1.00 bits per heavy atom. The first-order valence-corrected chi connectivity index (χ1v) is 9.88. The number of nitrogens with one attached hydrogen (secondary N) is 1. The Bertz CT molecular complexity index is 865. The summed E-state index contributed by atoms with van der Waals surface area (Å²) in [6.45, 7) is 0. The lowest BCUT2D eigenvalue weighted by Crippen LogP contribution is -2.07. The maximum absolute atomic E-state index is 8.93. The zero-order valence-electron chi connectivity index (χ0n) is 15.2. The monoisotopic (exact) mass is 342 g/mol. The molecule has 1 N–H and O–H groups in total. The van der Waals surface area contributed by atoms with E-state index >= 15 is 0 Å². The molecule has 1 saturated carbocycles. The average molecular weight is 342 g/mol. The summed E-state index contributed by atoms with van der Waals surface area (Å²) in [4.78, 5) is 3.67. The van der Waals surface area contributed by atoms with Gasteiger partial charge in [0.1, 0.15) is 0 Å². The van der Waals surface area contributed by atoms with E-state index in [1.807, 2.05) is 12.1 Å². The number of nitrogens with zero attached hydrogens (tertiary/aromatic N) is 1. The maximum atomic E-state index is 8.93. The summed E-state index contributed by atoms with van der Waals surface area (Å²) < 4.78 is 0. The number of fused-ring (bicyclic) bond motifs is 1. The SMILES string of the molecule is N#Cc1ccc(CCC2CCCCC(c3cc4ccccc4[nH]3)C2)cc1. The minimum absolute atomic E-state index is 0.663. The molecule has 0 bridgehead atoms. The molecule has 3 aromatic rings. The largest absolute Gasteiger partial charge is 0.358 e. The molecule has 1 aliphatic carbocycles. The van der Waals surface area contributed by atoms with Gasteiger partial charge in [0.2, 0.25) is 0 Å². The summed E-state index contributed by atoms with van der Waals surface area (Å²) in [6.07, 6.45) is 9.02. The summed E-state index contributed by atoms with van der Waals surface area (Å²) >= 11 is 0. The molecular weight excluding hydrogens is 316 g/mol. The molecule has 0 spiro atoms. The zero-order valence-corrected chi connectivity index (χ0v) is 15.2. The minimum atomic E-state index is 0.663. The van der Waals surface area contributed by atoms with Crippen LogP contribution in [0.1, 0.15) is 61.3 Å². The van der Waals surface area contributed by atoms with Crippen LogP contribution in [0.15, 0.2) is 54.6 Å². The molecule has 4 rings (SSSR count). The number of hydrogen-bond acceptors (Lipinski definition) is 1. The molecule has 0 aliphatic heterocycles. The van der Waals surface area contributed by atoms with Crippen LogP contribution in [0.2, 0.25) is 0 Å². The number of nitriles is 1. The van der Waals surface area contributed by atoms with Crippen LogP contribution >= 0.6 is 0 Å². The smallest absolute Gasteiger partial charge is 0.0991 e. The topological polar surface area (TPSA) is 39.6 Å². The molecule has 2 atom stereocenters. The lowest BCUT2D eigenvalue weighted by Gasteiger charge is -2.19. The third-order valence-corrected chi connectivity index (χ3v) is 5.95. The summed E-state index contributed by atoms with van der Waals surface area (Å²) in [5.74, 6) is 1.46. The zero-order chi connectivity index (χ0) is 17.8. The number of aromatic nitrogens is 1. The van der Waals surface area contributed by atoms with Gasteiger partial charge < -0.3 is 4.98 Å². The fraction of sp³-hybridized carbons (Fsp3) is 0.375. The van der Waals surface area contributed by atoms with Crippen LogP contribution in [-0.4, -0.2) is 4.98 Å². The third-order valence-electron chi connectivity index (χ3n) is 5.95. The van der Waals surface area contributed by atoms with Crippen molar-refractivity contribution in [3.8, 4) is 6.07 Å². The van der Waals surface area contributed by atoms with E-state index in [9.17, 15) is 0 Å². The Morgan fingerprint density at radius 2 is 1.81 bits per heavy atom. The summed E-state index contributed by atoms with van der Waals surface area (Å²) in [5, 5.41) is 10.3. The highest BCUT2D eigenvalue weighted by atomic mass is 14.7. The lowest BCUT2D eigenvalue weighted by molar-refractivity contribution is 0.404. The molecule has 1 aromatic heterocycles. The normalized spacial score (nSPS) is 20.6. The van der Waals surface area contributed by atoms with Gasteiger partial charge in [0.15, 0.2) is 0 Å². The van der Waals surface area contributed by atoms with Gasteiger partial charge in [-0.3, -0.25) is 0 Å². The summed E-state index contributed by atoms with van der Waals surface area (Å²) in [7, 11) is 0. The predicted octanol–water partition coefficient (Wildman–Crippen LogP) is 6.34. The van der Waals surface area contributed by atoms with Crippen molar-refractivity contribution in [2.24, 2.45) is 5.92 Å². The molecule has 2 nitrogen and oxygen atoms in total. The van der Waals surface area contributed by atoms with Crippen molar-refractivity contribution in [2.45, 2.75) is 50.9 Å². The van der Waals surface area contributed by atoms with Gasteiger partial charge in [0, 0.05) is 11.2 Å². The van der Waals surface area contributed by atoms with Gasteiger partial charge >= 0.3 is 0 Å². The highest BCUT2D eigenvalue weighted by molar-refractivity contribution is 5.80. The molecule has 2 heteroatoms. The molecule has 1 fully saturated rings. The van der Waals surface area contributed by atoms with E-state index in [4.69, 9.17) is 5.26 Å². The van der Waals surface area contributed by atoms with E-state index in [2.05, 4.69) is 53.5 Å². The number of aryl methyl sites for hydroxylation is 1. The minimum Gasteiger partial charge on any atom is -0.358 e. The molecule has 0 saturated heterocycles. The van der Waals surface area contributed by atoms with Crippen LogP contribution in [0.25, 0.3) is 10.9 Å². The van der Waals surface area contributed by atoms with Gasteiger partial charge in [0.05, 0.1) is 11.6 Å². The van der Waals surface area contributed by atoms with E-state index in [1.54, 1.807) is 0 Å². The van der Waals surface area contributed by atoms with Crippen LogP contribution in [0.3, 0.4) is 0 Å². The molecule has 2 aromatic carbocycles. The van der Waals surface area contributed by atoms with E-state index in [-0.39, 0.29) is 0 Å². The van der Waals surface area contributed by atoms with E-state index in [0.29, 0.717) is 5.92 Å². The van der Waals surface area contributed by atoms with Crippen molar-refractivity contribution in [2.75, 3.05) is 0 Å². The van der Waals surface area contributed by atoms with E-state index in [0.717, 1.165) is 17.9 Å². The number of para-hydroxylation sites is 1. The fourth-order valence-corrected chi connectivity index (χ4v) is 4.44. The van der Waals surface area contributed by atoms with Crippen molar-refractivity contribution in [1.82, 2.24) is 4.98 Å². The average Bonchev–Trinajstić information content (AvgIpc) is 2.98. The second-order valence-corrected chi connectivity index (χ2v) is 7.74. The van der Waals surface area contributed by atoms with Gasteiger partial charge in [-0.2, -0.15) is 5.26 Å². The van der Waals surface area contributed by atoms with Gasteiger partial charge in [-0.25, -0.2) is 0 Å². The van der Waals surface area contributed by atoms with Crippen LogP contribution in [0.4, 0.5) is 0 Å². The number of rotatable bonds is 4. The first-order chi connectivity index (χ1) is 12.8. The second-order valence-electron chi connectivity index (χ2n) is 7.74. The van der Waals surface area contributed by atoms with E-state index < -0.39 is 0 Å². The second kappa shape index (κ2) is 7.79. The Morgan fingerprint density at radius 3 is 2.62 bits per heavy atom. The number of hydrogen-bond donors (Lipinski definition) is 1. The Hall–Kier alpha value is -2.53. The lowest BCUT2D eigenvalue weighted by atomic mass is 9.87. The fourth-order valence-electron chi connectivity index (χ4n) is 4.44. The molecule has 132 valence electrons. The highest BCUT2D eigenvalue weighted by Crippen LogP contribution is 2.37. The molecule has 0 radical (unpaired) electrons. The Kier molecular flexibility index (Phi) is 5.07. The number of H-pyrrole nitrogens is 1. The Balaban J connectivity index is 1.42. The first-order valence-electron chi connectivity index (χ1n) is 9.88. The van der Waals surface area contributed by atoms with Gasteiger partial charge in [-0.15, -0.1) is 0 Å². The first kappa shape index (κ1) is 16.9. The molecule has 1 aliphatic rings. The molecular formula is C24H26N2. The van der Waals surface area contributed by atoms with Crippen LogP contribution in [0.5, 0.6) is 0 Å². The van der Waals surface area contributed by atoms with Crippen LogP contribution < -0.4 is 0 Å². The third kappa shape index (κ3) is 3.83. The molecule has 26 heavy (non-hydrogen) atoms. The molecule has 2 unspecified atom stereocenters. The van der Waals surface area contributed by atoms with Crippen molar-refractivity contribution < 1.29 is 0 Å². The molecule has 1 heterocycles. The van der Waals surface area contributed by atoms with Gasteiger partial charge in [0.25, 0.3) is 0 Å². The standard InChI is InChI=1S/C24H26N2/c25-17-20-13-10-18(11-14-20)9-12-19-5-1-2-6-21(15-19)24-16-22-7-3-4-8-23(22)26-24/h3-4,7-8,10-11,13-14,16,19,21,26H,1-2,5-6,9,12,15H2. The summed E-state index contributed by atoms with van der Waals surface area (Å²) in [5.41, 5.74) is 4.80. The Labute approximate surface area is 155 Å². The van der Waals surface area contributed by atoms with Crippen LogP contribution in [-0.2, 0) is 6.42 Å². The highest BCUT2D eigenvalue weighted by Gasteiger charge is 2.22. The van der Waals surface area contributed by atoms with Gasteiger partial charge in [-0.1, -0.05) is 49.6 Å². The predicted molar refractivity (Wildman–Crippen MR) is 107 cm³/mol. The van der Waals surface area contributed by atoms with Crippen LogP contribution in [0, 0.1) is 17.2 Å². The van der Waals surface area contributed by atoms with Crippen molar-refractivity contribution in [3.63, 3.8) is 0 Å². The summed E-state index contributed by atoms with van der Waals surface area (Å²) in [6, 6.07) is 21.3. The number of benzene rings is 2. The number of aromatic amines is 1. The van der Waals surface area contributed by atoms with Crippen molar-refractivity contribution in [3.05, 3.63) is 71.4 Å². The van der Waals surface area contributed by atoms with Crippen molar-refractivity contribution in [1.29, 1.82) is 5.26 Å².